The largest absolute Gasteiger partial charge is 0.0683 e. The zero-order chi connectivity index (χ0) is 12.7. The van der Waals surface area contributed by atoms with Gasteiger partial charge in [0.1, 0.15) is 0 Å². The van der Waals surface area contributed by atoms with E-state index in [9.17, 15) is 0 Å². The van der Waals surface area contributed by atoms with Gasteiger partial charge in [-0.3, -0.25) is 0 Å². The standard InChI is InChI=1S/C15H28.C2H6/c1-12-5-3-7-14(9-12)11-15-8-4-6-13(2)10-15;1-2/h12-15H,3-11H2,1-2H3;1-2H3. The topological polar surface area (TPSA) is 0 Å². The molecule has 2 fully saturated rings. The molecule has 0 aromatic carbocycles. The van der Waals surface area contributed by atoms with E-state index in [4.69, 9.17) is 0 Å². The van der Waals surface area contributed by atoms with E-state index < -0.39 is 0 Å². The van der Waals surface area contributed by atoms with Crippen molar-refractivity contribution < 1.29 is 0 Å². The Bertz CT molecular complexity index is 164. The molecule has 0 saturated heterocycles. The first-order chi connectivity index (χ1) is 8.24. The van der Waals surface area contributed by atoms with Crippen LogP contribution >= 0.6 is 0 Å². The minimum atomic E-state index is 1.02. The van der Waals surface area contributed by atoms with Crippen molar-refractivity contribution in [1.29, 1.82) is 0 Å². The predicted molar refractivity (Wildman–Crippen MR) is 78.2 cm³/mol. The fourth-order valence-electron chi connectivity index (χ4n) is 4.02. The Kier molecular flexibility index (Phi) is 7.23. The Morgan fingerprint density at radius 1 is 0.706 bits per heavy atom. The number of hydrogen-bond acceptors (Lipinski definition) is 0. The predicted octanol–water partition coefficient (Wildman–Crippen LogP) is 6.06. The summed E-state index contributed by atoms with van der Waals surface area (Å²) in [6.45, 7) is 8.91. The smallest absolute Gasteiger partial charge is 0.0409 e. The summed E-state index contributed by atoms with van der Waals surface area (Å²) in [5.74, 6) is 4.21. The lowest BCUT2D eigenvalue weighted by atomic mass is 9.73. The second kappa shape index (κ2) is 8.16. The summed E-state index contributed by atoms with van der Waals surface area (Å²) in [5.41, 5.74) is 0. The van der Waals surface area contributed by atoms with Gasteiger partial charge in [-0.05, 0) is 42.9 Å². The summed E-state index contributed by atoms with van der Waals surface area (Å²) in [7, 11) is 0. The SMILES string of the molecule is CC.CC1CCCC(CC2CCCC(C)C2)C1. The first-order valence-electron chi connectivity index (χ1n) is 8.24. The highest BCUT2D eigenvalue weighted by molar-refractivity contribution is 4.77. The van der Waals surface area contributed by atoms with Crippen molar-refractivity contribution in [3.05, 3.63) is 0 Å². The van der Waals surface area contributed by atoms with Gasteiger partial charge in [-0.1, -0.05) is 66.2 Å². The number of rotatable bonds is 2. The van der Waals surface area contributed by atoms with Crippen molar-refractivity contribution >= 4 is 0 Å². The zero-order valence-electron chi connectivity index (χ0n) is 12.7. The third-order valence-electron chi connectivity index (χ3n) is 4.76. The van der Waals surface area contributed by atoms with Crippen LogP contribution in [-0.4, -0.2) is 0 Å². The lowest BCUT2D eigenvalue weighted by Gasteiger charge is -2.33. The van der Waals surface area contributed by atoms with Crippen LogP contribution in [0.2, 0.25) is 0 Å². The monoisotopic (exact) mass is 238 g/mol. The Hall–Kier alpha value is 0. The van der Waals surface area contributed by atoms with Crippen LogP contribution in [0.5, 0.6) is 0 Å². The van der Waals surface area contributed by atoms with Crippen LogP contribution in [-0.2, 0) is 0 Å². The second-order valence-electron chi connectivity index (χ2n) is 6.51. The summed E-state index contributed by atoms with van der Waals surface area (Å²) in [6, 6.07) is 0. The fraction of sp³-hybridized carbons (Fsp3) is 1.00. The molecule has 102 valence electrons. The molecule has 2 rings (SSSR count). The molecule has 0 N–H and O–H groups in total. The van der Waals surface area contributed by atoms with E-state index in [1.807, 2.05) is 13.8 Å². The molecule has 0 heterocycles. The molecule has 0 radical (unpaired) electrons. The molecule has 0 amide bonds. The lowest BCUT2D eigenvalue weighted by molar-refractivity contribution is 0.191. The van der Waals surface area contributed by atoms with Crippen LogP contribution in [0.1, 0.15) is 85.5 Å². The highest BCUT2D eigenvalue weighted by atomic mass is 14.3. The van der Waals surface area contributed by atoms with Gasteiger partial charge in [0.2, 0.25) is 0 Å². The average Bonchev–Trinajstić information content (AvgIpc) is 2.31. The molecule has 0 aromatic rings. The van der Waals surface area contributed by atoms with Gasteiger partial charge in [0.25, 0.3) is 0 Å². The van der Waals surface area contributed by atoms with Gasteiger partial charge in [-0.25, -0.2) is 0 Å². The second-order valence-corrected chi connectivity index (χ2v) is 6.51. The summed E-state index contributed by atoms with van der Waals surface area (Å²) in [4.78, 5) is 0. The molecule has 0 aromatic heterocycles. The van der Waals surface area contributed by atoms with E-state index in [-0.39, 0.29) is 0 Å². The maximum atomic E-state index is 2.45. The van der Waals surface area contributed by atoms with Gasteiger partial charge in [-0.15, -0.1) is 0 Å². The number of hydrogen-bond donors (Lipinski definition) is 0. The molecule has 0 aliphatic heterocycles. The molecule has 17 heavy (non-hydrogen) atoms. The fourth-order valence-corrected chi connectivity index (χ4v) is 4.02. The molecule has 4 atom stereocenters. The highest BCUT2D eigenvalue weighted by Crippen LogP contribution is 2.38. The Labute approximate surface area is 110 Å². The molecule has 0 nitrogen and oxygen atoms in total. The van der Waals surface area contributed by atoms with Crippen LogP contribution in [0.25, 0.3) is 0 Å². The molecular weight excluding hydrogens is 204 g/mol. The minimum Gasteiger partial charge on any atom is -0.0683 e. The van der Waals surface area contributed by atoms with Gasteiger partial charge in [-0.2, -0.15) is 0 Å². The van der Waals surface area contributed by atoms with E-state index in [0.29, 0.717) is 0 Å². The first-order valence-corrected chi connectivity index (χ1v) is 8.24. The van der Waals surface area contributed by atoms with E-state index in [1.54, 1.807) is 6.42 Å². The zero-order valence-corrected chi connectivity index (χ0v) is 12.7. The first kappa shape index (κ1) is 15.1. The Morgan fingerprint density at radius 3 is 1.47 bits per heavy atom. The van der Waals surface area contributed by atoms with Gasteiger partial charge in [0.15, 0.2) is 0 Å². The third-order valence-corrected chi connectivity index (χ3v) is 4.76. The minimum absolute atomic E-state index is 1.02. The lowest BCUT2D eigenvalue weighted by Crippen LogP contribution is -2.20. The van der Waals surface area contributed by atoms with Crippen LogP contribution in [0, 0.1) is 23.7 Å². The Morgan fingerprint density at radius 2 is 1.12 bits per heavy atom. The molecule has 0 bridgehead atoms. The molecule has 0 heteroatoms. The maximum absolute atomic E-state index is 2.45. The van der Waals surface area contributed by atoms with E-state index in [2.05, 4.69) is 13.8 Å². The van der Waals surface area contributed by atoms with Gasteiger partial charge < -0.3 is 0 Å². The molecule has 2 saturated carbocycles. The van der Waals surface area contributed by atoms with Crippen molar-refractivity contribution in [3.8, 4) is 0 Å². The van der Waals surface area contributed by atoms with E-state index in [1.165, 1.54) is 51.4 Å². The van der Waals surface area contributed by atoms with Crippen molar-refractivity contribution in [1.82, 2.24) is 0 Å². The van der Waals surface area contributed by atoms with Crippen LogP contribution < -0.4 is 0 Å². The van der Waals surface area contributed by atoms with Gasteiger partial charge in [0.05, 0.1) is 0 Å². The van der Waals surface area contributed by atoms with E-state index in [0.717, 1.165) is 23.7 Å². The van der Waals surface area contributed by atoms with Crippen LogP contribution in [0.15, 0.2) is 0 Å². The molecular formula is C17H34. The van der Waals surface area contributed by atoms with Gasteiger partial charge >= 0.3 is 0 Å². The molecule has 2 aliphatic carbocycles. The third kappa shape index (κ3) is 5.44. The summed E-state index contributed by atoms with van der Waals surface area (Å²) in [5, 5.41) is 0. The van der Waals surface area contributed by atoms with Crippen molar-refractivity contribution in [2.45, 2.75) is 85.5 Å². The Balaban J connectivity index is 0.000000686. The summed E-state index contributed by atoms with van der Waals surface area (Å²) < 4.78 is 0. The summed E-state index contributed by atoms with van der Waals surface area (Å²) in [6.07, 6.45) is 13.7. The quantitative estimate of drug-likeness (QED) is 0.549. The van der Waals surface area contributed by atoms with Crippen LogP contribution in [0.4, 0.5) is 0 Å². The average molecular weight is 238 g/mol. The highest BCUT2D eigenvalue weighted by Gasteiger charge is 2.25. The molecule has 0 spiro atoms. The van der Waals surface area contributed by atoms with Crippen molar-refractivity contribution in [3.63, 3.8) is 0 Å². The normalized spacial score (nSPS) is 38.1. The maximum Gasteiger partial charge on any atom is -0.0409 e. The van der Waals surface area contributed by atoms with Crippen molar-refractivity contribution in [2.24, 2.45) is 23.7 Å². The van der Waals surface area contributed by atoms with E-state index >= 15 is 0 Å². The molecule has 2 aliphatic rings. The van der Waals surface area contributed by atoms with Crippen molar-refractivity contribution in [2.75, 3.05) is 0 Å². The molecule has 4 unspecified atom stereocenters. The van der Waals surface area contributed by atoms with Crippen LogP contribution in [0.3, 0.4) is 0 Å². The summed E-state index contributed by atoms with van der Waals surface area (Å²) >= 11 is 0. The van der Waals surface area contributed by atoms with Gasteiger partial charge in [0, 0.05) is 0 Å².